The molecule has 0 aliphatic heterocycles. The first kappa shape index (κ1) is 14.5. The largest absolute Gasteiger partial charge is 0.352 e. The van der Waals surface area contributed by atoms with Crippen molar-refractivity contribution in [2.75, 3.05) is 6.54 Å². The first-order valence-corrected chi connectivity index (χ1v) is 7.90. The Hall–Kier alpha value is -0.590. The molecule has 0 unspecified atom stereocenters. The molecule has 0 aliphatic carbocycles. The number of carbonyl (C=O) groups excluding carboxylic acids is 1. The fraction of sp³-hybridized carbons (Fsp3) is 0.300. The van der Waals surface area contributed by atoms with Crippen molar-refractivity contribution < 1.29 is 13.2 Å². The molecule has 0 saturated carbocycles. The topological polar surface area (TPSA) is 63.2 Å². The van der Waals surface area contributed by atoms with Gasteiger partial charge in [0.2, 0.25) is 0 Å². The summed E-state index contributed by atoms with van der Waals surface area (Å²) in [4.78, 5) is 11.5. The lowest BCUT2D eigenvalue weighted by atomic mass is 10.1. The first-order valence-electron chi connectivity index (χ1n) is 4.80. The Morgan fingerprint density at radius 1 is 1.47 bits per heavy atom. The number of benzene rings is 1. The quantitative estimate of drug-likeness (QED) is 0.860. The molecule has 0 bridgehead atoms. The van der Waals surface area contributed by atoms with Crippen LogP contribution >= 0.6 is 26.6 Å². The van der Waals surface area contributed by atoms with Gasteiger partial charge in [-0.25, -0.2) is 8.42 Å². The summed E-state index contributed by atoms with van der Waals surface area (Å²) in [5.41, 5.74) is 0.903. The predicted molar refractivity (Wildman–Crippen MR) is 69.9 cm³/mol. The maximum absolute atomic E-state index is 11.6. The fourth-order valence-corrected chi connectivity index (χ4v) is 3.46. The van der Waals surface area contributed by atoms with Crippen LogP contribution in [-0.2, 0) is 9.05 Å². The molecule has 0 spiro atoms. The molecule has 1 aromatic carbocycles. The van der Waals surface area contributed by atoms with E-state index in [1.165, 1.54) is 6.07 Å². The average Bonchev–Trinajstić information content (AvgIpc) is 2.20. The molecular formula is C10H11BrClNO3S. The molecule has 17 heavy (non-hydrogen) atoms. The van der Waals surface area contributed by atoms with E-state index in [0.29, 0.717) is 16.6 Å². The average molecular weight is 341 g/mol. The van der Waals surface area contributed by atoms with Crippen molar-refractivity contribution in [3.05, 3.63) is 27.7 Å². The molecule has 94 valence electrons. The van der Waals surface area contributed by atoms with Gasteiger partial charge in [0.15, 0.2) is 0 Å². The number of hydrogen-bond donors (Lipinski definition) is 1. The van der Waals surface area contributed by atoms with Crippen molar-refractivity contribution in [2.24, 2.45) is 0 Å². The molecule has 0 aromatic heterocycles. The van der Waals surface area contributed by atoms with Gasteiger partial charge in [-0.3, -0.25) is 4.79 Å². The Kier molecular flexibility index (Phi) is 4.57. The Balaban J connectivity index is 3.39. The summed E-state index contributed by atoms with van der Waals surface area (Å²) in [5, 5.41) is 2.60. The van der Waals surface area contributed by atoms with Crippen LogP contribution in [-0.4, -0.2) is 20.9 Å². The number of aryl methyl sites for hydroxylation is 1. The maximum Gasteiger partial charge on any atom is 0.262 e. The number of nitrogens with one attached hydrogen (secondary N) is 1. The van der Waals surface area contributed by atoms with E-state index in [1.807, 2.05) is 0 Å². The van der Waals surface area contributed by atoms with E-state index in [9.17, 15) is 13.2 Å². The van der Waals surface area contributed by atoms with E-state index in [-0.39, 0.29) is 16.4 Å². The Labute approximate surface area is 113 Å². The zero-order chi connectivity index (χ0) is 13.2. The van der Waals surface area contributed by atoms with Gasteiger partial charge in [-0.2, -0.15) is 0 Å². The van der Waals surface area contributed by atoms with Crippen LogP contribution in [0.5, 0.6) is 0 Å². The highest BCUT2D eigenvalue weighted by atomic mass is 79.9. The van der Waals surface area contributed by atoms with Gasteiger partial charge >= 0.3 is 0 Å². The molecule has 1 rings (SSSR count). The summed E-state index contributed by atoms with van der Waals surface area (Å²) in [6, 6.07) is 2.85. The summed E-state index contributed by atoms with van der Waals surface area (Å²) in [6.07, 6.45) is 0. The van der Waals surface area contributed by atoms with Crippen molar-refractivity contribution in [1.29, 1.82) is 0 Å². The monoisotopic (exact) mass is 339 g/mol. The van der Waals surface area contributed by atoms with Crippen LogP contribution in [0.2, 0.25) is 0 Å². The fourth-order valence-electron chi connectivity index (χ4n) is 1.31. The number of carbonyl (C=O) groups is 1. The SMILES string of the molecule is CCNC(=O)c1cc(C)c(Br)c(S(=O)(=O)Cl)c1. The second-order valence-electron chi connectivity index (χ2n) is 3.40. The third-order valence-corrected chi connectivity index (χ3v) is 4.74. The van der Waals surface area contributed by atoms with E-state index >= 15 is 0 Å². The smallest absolute Gasteiger partial charge is 0.262 e. The standard InChI is InChI=1S/C10H11BrClNO3S/c1-3-13-10(14)7-4-6(2)9(11)8(5-7)17(12,15)16/h4-5H,3H2,1-2H3,(H,13,14). The van der Waals surface area contributed by atoms with E-state index in [2.05, 4.69) is 21.2 Å². The molecule has 0 atom stereocenters. The third kappa shape index (κ3) is 3.43. The highest BCUT2D eigenvalue weighted by Crippen LogP contribution is 2.29. The Morgan fingerprint density at radius 3 is 2.53 bits per heavy atom. The molecule has 1 amide bonds. The number of halogens is 2. The van der Waals surface area contributed by atoms with E-state index in [0.717, 1.165) is 0 Å². The van der Waals surface area contributed by atoms with E-state index in [1.54, 1.807) is 19.9 Å². The molecule has 4 nitrogen and oxygen atoms in total. The van der Waals surface area contributed by atoms with Crippen LogP contribution in [0.1, 0.15) is 22.8 Å². The summed E-state index contributed by atoms with van der Waals surface area (Å²) < 4.78 is 23.1. The highest BCUT2D eigenvalue weighted by Gasteiger charge is 2.19. The van der Waals surface area contributed by atoms with Crippen molar-refractivity contribution >= 4 is 41.6 Å². The van der Waals surface area contributed by atoms with Gasteiger partial charge in [-0.05, 0) is 47.5 Å². The summed E-state index contributed by atoms with van der Waals surface area (Å²) >= 11 is 3.14. The molecule has 1 aromatic rings. The predicted octanol–water partition coefficient (Wildman–Crippen LogP) is 2.43. The van der Waals surface area contributed by atoms with Crippen LogP contribution in [0.25, 0.3) is 0 Å². The van der Waals surface area contributed by atoms with Crippen molar-refractivity contribution in [1.82, 2.24) is 5.32 Å². The van der Waals surface area contributed by atoms with Crippen LogP contribution in [0.4, 0.5) is 0 Å². The van der Waals surface area contributed by atoms with Crippen LogP contribution in [0.3, 0.4) is 0 Å². The number of rotatable bonds is 3. The van der Waals surface area contributed by atoms with Crippen molar-refractivity contribution in [3.63, 3.8) is 0 Å². The van der Waals surface area contributed by atoms with Crippen LogP contribution < -0.4 is 5.32 Å². The second-order valence-corrected chi connectivity index (χ2v) is 6.73. The Morgan fingerprint density at radius 2 is 2.06 bits per heavy atom. The van der Waals surface area contributed by atoms with Gasteiger partial charge in [-0.1, -0.05) is 0 Å². The molecule has 0 saturated heterocycles. The maximum atomic E-state index is 11.6. The van der Waals surface area contributed by atoms with Gasteiger partial charge in [-0.15, -0.1) is 0 Å². The first-order chi connectivity index (χ1) is 7.77. The third-order valence-electron chi connectivity index (χ3n) is 2.08. The minimum atomic E-state index is -3.88. The van der Waals surface area contributed by atoms with Crippen molar-refractivity contribution in [2.45, 2.75) is 18.7 Å². The molecule has 0 fully saturated rings. The lowest BCUT2D eigenvalue weighted by Crippen LogP contribution is -2.23. The number of amides is 1. The van der Waals surface area contributed by atoms with Gasteiger partial charge < -0.3 is 5.32 Å². The van der Waals surface area contributed by atoms with Gasteiger partial charge in [0.25, 0.3) is 15.0 Å². The zero-order valence-corrected chi connectivity index (χ0v) is 12.4. The minimum absolute atomic E-state index is 0.0968. The molecule has 0 heterocycles. The van der Waals surface area contributed by atoms with Gasteiger partial charge in [0.05, 0.1) is 4.90 Å². The second kappa shape index (κ2) is 5.37. The number of hydrogen-bond acceptors (Lipinski definition) is 3. The molecular weight excluding hydrogens is 330 g/mol. The summed E-state index contributed by atoms with van der Waals surface area (Å²) in [6.45, 7) is 3.94. The zero-order valence-electron chi connectivity index (χ0n) is 9.25. The van der Waals surface area contributed by atoms with Gasteiger partial charge in [0.1, 0.15) is 0 Å². The van der Waals surface area contributed by atoms with Crippen LogP contribution in [0, 0.1) is 6.92 Å². The Bertz CT molecular complexity index is 557. The van der Waals surface area contributed by atoms with Crippen LogP contribution in [0.15, 0.2) is 21.5 Å². The van der Waals surface area contributed by atoms with Gasteiger partial charge in [0, 0.05) is 27.3 Å². The lowest BCUT2D eigenvalue weighted by Gasteiger charge is -2.08. The van der Waals surface area contributed by atoms with E-state index in [4.69, 9.17) is 10.7 Å². The molecule has 7 heteroatoms. The molecule has 0 radical (unpaired) electrons. The minimum Gasteiger partial charge on any atom is -0.352 e. The summed E-state index contributed by atoms with van der Waals surface area (Å²) in [7, 11) is 1.42. The van der Waals surface area contributed by atoms with E-state index < -0.39 is 9.05 Å². The summed E-state index contributed by atoms with van der Waals surface area (Å²) in [5.74, 6) is -0.329. The molecule has 1 N–H and O–H groups in total. The molecule has 0 aliphatic rings. The highest BCUT2D eigenvalue weighted by molar-refractivity contribution is 9.10. The van der Waals surface area contributed by atoms with Crippen molar-refractivity contribution in [3.8, 4) is 0 Å². The normalized spacial score (nSPS) is 11.3. The lowest BCUT2D eigenvalue weighted by molar-refractivity contribution is 0.0955.